The van der Waals surface area contributed by atoms with Crippen LogP contribution in [0.15, 0.2) is 22.7 Å². The minimum atomic E-state index is 0.489. The number of rotatable bonds is 5. The van der Waals surface area contributed by atoms with Crippen molar-refractivity contribution in [2.75, 3.05) is 24.3 Å². The lowest BCUT2D eigenvalue weighted by Gasteiger charge is -2.23. The molecule has 0 saturated carbocycles. The number of nitrogens with one attached hydrogen (secondary N) is 1. The van der Waals surface area contributed by atoms with E-state index in [1.807, 2.05) is 0 Å². The van der Waals surface area contributed by atoms with E-state index < -0.39 is 0 Å². The zero-order chi connectivity index (χ0) is 13.0. The minimum Gasteiger partial charge on any atom is -0.381 e. The van der Waals surface area contributed by atoms with Crippen molar-refractivity contribution in [3.8, 4) is 0 Å². The maximum Gasteiger partial charge on any atom is 0.0597 e. The SMILES string of the molecule is CC(C)CC(C)Nc1cc(Br)ccc1N(C)C. The Hall–Kier alpha value is -0.700. The molecule has 1 N–H and O–H groups in total. The Morgan fingerprint density at radius 1 is 1.24 bits per heavy atom. The summed E-state index contributed by atoms with van der Waals surface area (Å²) in [6, 6.07) is 6.84. The molecule has 0 aromatic heterocycles. The van der Waals surface area contributed by atoms with Gasteiger partial charge in [-0.05, 0) is 37.5 Å². The summed E-state index contributed by atoms with van der Waals surface area (Å²) >= 11 is 3.53. The highest BCUT2D eigenvalue weighted by molar-refractivity contribution is 9.10. The van der Waals surface area contributed by atoms with E-state index in [0.717, 1.165) is 4.47 Å². The summed E-state index contributed by atoms with van der Waals surface area (Å²) in [6.45, 7) is 6.75. The summed E-state index contributed by atoms with van der Waals surface area (Å²) in [5.41, 5.74) is 2.42. The molecule has 0 fully saturated rings. The van der Waals surface area contributed by atoms with Gasteiger partial charge in [0.05, 0.1) is 11.4 Å². The van der Waals surface area contributed by atoms with Crippen LogP contribution in [0, 0.1) is 5.92 Å². The van der Waals surface area contributed by atoms with Crippen LogP contribution < -0.4 is 10.2 Å². The van der Waals surface area contributed by atoms with Gasteiger partial charge < -0.3 is 10.2 Å². The van der Waals surface area contributed by atoms with Crippen LogP contribution in [0.1, 0.15) is 27.2 Å². The van der Waals surface area contributed by atoms with Crippen molar-refractivity contribution >= 4 is 27.3 Å². The van der Waals surface area contributed by atoms with Gasteiger partial charge in [-0.1, -0.05) is 29.8 Å². The zero-order valence-corrected chi connectivity index (χ0v) is 13.0. The van der Waals surface area contributed by atoms with E-state index in [1.165, 1.54) is 17.8 Å². The molecule has 96 valence electrons. The van der Waals surface area contributed by atoms with Gasteiger partial charge in [0.1, 0.15) is 0 Å². The molecule has 3 heteroatoms. The van der Waals surface area contributed by atoms with Crippen molar-refractivity contribution < 1.29 is 0 Å². The lowest BCUT2D eigenvalue weighted by atomic mass is 10.0. The van der Waals surface area contributed by atoms with Gasteiger partial charge in [0.15, 0.2) is 0 Å². The molecule has 0 heterocycles. The highest BCUT2D eigenvalue weighted by Gasteiger charge is 2.09. The Kier molecular flexibility index (Phi) is 5.31. The van der Waals surface area contributed by atoms with E-state index in [-0.39, 0.29) is 0 Å². The number of hydrogen-bond donors (Lipinski definition) is 1. The van der Waals surface area contributed by atoms with E-state index in [9.17, 15) is 0 Å². The fourth-order valence-electron chi connectivity index (χ4n) is 2.05. The van der Waals surface area contributed by atoms with Gasteiger partial charge in [-0.3, -0.25) is 0 Å². The van der Waals surface area contributed by atoms with Gasteiger partial charge >= 0.3 is 0 Å². The first-order chi connectivity index (χ1) is 7.90. The third kappa shape index (κ3) is 4.58. The van der Waals surface area contributed by atoms with E-state index in [1.54, 1.807) is 0 Å². The number of nitrogens with zero attached hydrogens (tertiary/aromatic N) is 1. The average molecular weight is 299 g/mol. The third-order valence-corrected chi connectivity index (χ3v) is 3.16. The fraction of sp³-hybridized carbons (Fsp3) is 0.571. The summed E-state index contributed by atoms with van der Waals surface area (Å²) in [5.74, 6) is 0.715. The second-order valence-corrected chi connectivity index (χ2v) is 6.15. The van der Waals surface area contributed by atoms with E-state index >= 15 is 0 Å². The van der Waals surface area contributed by atoms with Crippen LogP contribution in [0.3, 0.4) is 0 Å². The van der Waals surface area contributed by atoms with Crippen molar-refractivity contribution in [1.29, 1.82) is 0 Å². The zero-order valence-electron chi connectivity index (χ0n) is 11.4. The molecule has 1 unspecified atom stereocenters. The summed E-state index contributed by atoms with van der Waals surface area (Å²) in [6.07, 6.45) is 1.18. The van der Waals surface area contributed by atoms with Gasteiger partial charge in [0.25, 0.3) is 0 Å². The Balaban J connectivity index is 2.84. The lowest BCUT2D eigenvalue weighted by molar-refractivity contribution is 0.540. The van der Waals surface area contributed by atoms with Crippen LogP contribution >= 0.6 is 15.9 Å². The maximum absolute atomic E-state index is 3.59. The highest BCUT2D eigenvalue weighted by Crippen LogP contribution is 2.29. The molecule has 0 saturated heterocycles. The fourth-order valence-corrected chi connectivity index (χ4v) is 2.41. The minimum absolute atomic E-state index is 0.489. The standard InChI is InChI=1S/C14H23BrN2/c1-10(2)8-11(3)16-13-9-12(15)6-7-14(13)17(4)5/h6-7,9-11,16H,8H2,1-5H3. The highest BCUT2D eigenvalue weighted by atomic mass is 79.9. The number of benzene rings is 1. The molecule has 0 radical (unpaired) electrons. The van der Waals surface area contributed by atoms with Crippen molar-refractivity contribution in [3.05, 3.63) is 22.7 Å². The van der Waals surface area contributed by atoms with Gasteiger partial charge in [0, 0.05) is 24.6 Å². The summed E-state index contributed by atoms with van der Waals surface area (Å²) < 4.78 is 1.11. The molecule has 0 aliphatic rings. The topological polar surface area (TPSA) is 15.3 Å². The van der Waals surface area contributed by atoms with Crippen LogP contribution in [0.4, 0.5) is 11.4 Å². The van der Waals surface area contributed by atoms with E-state index in [4.69, 9.17) is 0 Å². The summed E-state index contributed by atoms with van der Waals surface area (Å²) in [4.78, 5) is 2.14. The maximum atomic E-state index is 3.59. The molecular weight excluding hydrogens is 276 g/mol. The molecule has 17 heavy (non-hydrogen) atoms. The smallest absolute Gasteiger partial charge is 0.0597 e. The largest absolute Gasteiger partial charge is 0.381 e. The molecule has 0 spiro atoms. The molecule has 1 atom stereocenters. The Bertz CT molecular complexity index is 361. The number of halogens is 1. The first kappa shape index (κ1) is 14.4. The van der Waals surface area contributed by atoms with Crippen LogP contribution in [0.5, 0.6) is 0 Å². The van der Waals surface area contributed by atoms with Gasteiger partial charge in [-0.2, -0.15) is 0 Å². The molecule has 0 bridgehead atoms. The molecule has 2 nitrogen and oxygen atoms in total. The first-order valence-corrected chi connectivity index (χ1v) is 6.93. The second kappa shape index (κ2) is 6.29. The predicted molar refractivity (Wildman–Crippen MR) is 81.0 cm³/mol. The Labute approximate surface area is 114 Å². The second-order valence-electron chi connectivity index (χ2n) is 5.23. The molecule has 0 aliphatic carbocycles. The third-order valence-electron chi connectivity index (χ3n) is 2.67. The van der Waals surface area contributed by atoms with Gasteiger partial charge in [-0.25, -0.2) is 0 Å². The van der Waals surface area contributed by atoms with Crippen molar-refractivity contribution in [2.45, 2.75) is 33.2 Å². The molecule has 0 amide bonds. The van der Waals surface area contributed by atoms with Crippen LogP contribution in [0.2, 0.25) is 0 Å². The van der Waals surface area contributed by atoms with Gasteiger partial charge in [-0.15, -0.1) is 0 Å². The summed E-state index contributed by atoms with van der Waals surface area (Å²) in [7, 11) is 4.14. The first-order valence-electron chi connectivity index (χ1n) is 6.13. The van der Waals surface area contributed by atoms with Gasteiger partial charge in [0.2, 0.25) is 0 Å². The van der Waals surface area contributed by atoms with Crippen molar-refractivity contribution in [3.63, 3.8) is 0 Å². The normalized spacial score (nSPS) is 12.6. The van der Waals surface area contributed by atoms with E-state index in [0.29, 0.717) is 12.0 Å². The molecule has 0 aliphatic heterocycles. The quantitative estimate of drug-likeness (QED) is 0.869. The number of anilines is 2. The summed E-state index contributed by atoms with van der Waals surface area (Å²) in [5, 5.41) is 3.59. The van der Waals surface area contributed by atoms with Crippen molar-refractivity contribution in [2.24, 2.45) is 5.92 Å². The molecule has 1 aromatic carbocycles. The Morgan fingerprint density at radius 2 is 1.88 bits per heavy atom. The van der Waals surface area contributed by atoms with E-state index in [2.05, 4.69) is 79.2 Å². The van der Waals surface area contributed by atoms with Crippen LogP contribution in [-0.2, 0) is 0 Å². The molecular formula is C14H23BrN2. The Morgan fingerprint density at radius 3 is 2.41 bits per heavy atom. The monoisotopic (exact) mass is 298 g/mol. The predicted octanol–water partition coefficient (Wildman–Crippen LogP) is 4.36. The molecule has 1 aromatic rings. The molecule has 1 rings (SSSR count). The van der Waals surface area contributed by atoms with Crippen LogP contribution in [-0.4, -0.2) is 20.1 Å². The lowest BCUT2D eigenvalue weighted by Crippen LogP contribution is -2.20. The van der Waals surface area contributed by atoms with Crippen LogP contribution in [0.25, 0.3) is 0 Å². The van der Waals surface area contributed by atoms with Crippen molar-refractivity contribution in [1.82, 2.24) is 0 Å². The number of hydrogen-bond acceptors (Lipinski definition) is 2. The average Bonchev–Trinajstić information content (AvgIpc) is 2.15.